The number of furan rings is 1. The lowest BCUT2D eigenvalue weighted by atomic mass is 9.78. The highest BCUT2D eigenvalue weighted by molar-refractivity contribution is 6.43. The van der Waals surface area contributed by atoms with Crippen LogP contribution in [0.2, 0.25) is 6.32 Å². The summed E-state index contributed by atoms with van der Waals surface area (Å²) in [7, 11) is 0.867. The van der Waals surface area contributed by atoms with E-state index >= 15 is 0 Å². The molecule has 2 N–H and O–H groups in total. The minimum atomic E-state index is -0.768. The highest BCUT2D eigenvalue weighted by Crippen LogP contribution is 2.27. The molecule has 1 atom stereocenters. The third-order valence-corrected chi connectivity index (χ3v) is 3.96. The van der Waals surface area contributed by atoms with Crippen LogP contribution in [0.15, 0.2) is 45.9 Å². The Morgan fingerprint density at radius 1 is 1.50 bits per heavy atom. The van der Waals surface area contributed by atoms with Crippen LogP contribution in [0.25, 0.3) is 6.08 Å². The highest BCUT2D eigenvalue weighted by Gasteiger charge is 2.28. The third-order valence-electron chi connectivity index (χ3n) is 3.96. The summed E-state index contributed by atoms with van der Waals surface area (Å²) in [6, 6.07) is 3.59. The quantitative estimate of drug-likeness (QED) is 0.716. The van der Waals surface area contributed by atoms with Crippen molar-refractivity contribution in [2.24, 2.45) is 0 Å². The van der Waals surface area contributed by atoms with Crippen LogP contribution in [0.5, 0.6) is 0 Å². The molecule has 0 bridgehead atoms. The van der Waals surface area contributed by atoms with E-state index in [4.69, 9.17) is 18.9 Å². The number of hydrogen-bond acceptors (Lipinski definition) is 5. The molecule has 1 aromatic rings. The Kier molecular flexibility index (Phi) is 7.06. The Balaban J connectivity index is 1.98. The summed E-state index contributed by atoms with van der Waals surface area (Å²) >= 11 is 0. The molecule has 0 fully saturated rings. The Morgan fingerprint density at radius 3 is 2.96 bits per heavy atom. The molecular weight excluding hydrogens is 307 g/mol. The van der Waals surface area contributed by atoms with E-state index in [1.807, 2.05) is 25.1 Å². The standard InChI is InChI=1S/C18H25BO5/c1-13(10-15-5-6-16(11-20)23-15)4-7-18-17(14(2)12-22-3)8-9-19(21)24-18/h5-6,8,10,18,20-21H,2,4,7,9,11-12H2,1,3H3/b13-10+. The Labute approximate surface area is 143 Å². The Morgan fingerprint density at radius 2 is 2.29 bits per heavy atom. The monoisotopic (exact) mass is 332 g/mol. The number of methoxy groups -OCH3 is 1. The molecule has 24 heavy (non-hydrogen) atoms. The van der Waals surface area contributed by atoms with Crippen molar-refractivity contribution in [3.05, 3.63) is 53.0 Å². The summed E-state index contributed by atoms with van der Waals surface area (Å²) in [4.78, 5) is 0. The van der Waals surface area contributed by atoms with Gasteiger partial charge in [-0.15, -0.1) is 0 Å². The van der Waals surface area contributed by atoms with E-state index in [1.165, 1.54) is 0 Å². The van der Waals surface area contributed by atoms with Gasteiger partial charge in [0.05, 0.1) is 12.7 Å². The number of aliphatic hydroxyl groups excluding tert-OH is 1. The number of ether oxygens (including phenoxy) is 1. The van der Waals surface area contributed by atoms with Gasteiger partial charge >= 0.3 is 7.12 Å². The lowest BCUT2D eigenvalue weighted by Gasteiger charge is -2.28. The lowest BCUT2D eigenvalue weighted by Crippen LogP contribution is -2.32. The maximum absolute atomic E-state index is 9.76. The van der Waals surface area contributed by atoms with Crippen LogP contribution in [0, 0.1) is 0 Å². The fourth-order valence-corrected chi connectivity index (χ4v) is 2.76. The van der Waals surface area contributed by atoms with E-state index in [0.717, 1.165) is 35.3 Å². The second kappa shape index (κ2) is 9.04. The molecule has 130 valence electrons. The molecule has 0 saturated heterocycles. The molecule has 1 unspecified atom stereocenters. The van der Waals surface area contributed by atoms with Crippen molar-refractivity contribution in [1.82, 2.24) is 0 Å². The van der Waals surface area contributed by atoms with Crippen molar-refractivity contribution in [3.63, 3.8) is 0 Å². The predicted octanol–water partition coefficient (Wildman–Crippen LogP) is 2.96. The van der Waals surface area contributed by atoms with Crippen molar-refractivity contribution in [2.75, 3.05) is 13.7 Å². The summed E-state index contributed by atoms with van der Waals surface area (Å²) in [5, 5.41) is 18.8. The van der Waals surface area contributed by atoms with Gasteiger partial charge in [0.2, 0.25) is 0 Å². The van der Waals surface area contributed by atoms with Gasteiger partial charge in [0, 0.05) is 13.4 Å². The van der Waals surface area contributed by atoms with Gasteiger partial charge in [-0.2, -0.15) is 0 Å². The zero-order chi connectivity index (χ0) is 17.5. The molecule has 0 aliphatic carbocycles. The molecule has 0 amide bonds. The number of hydrogen-bond donors (Lipinski definition) is 2. The first kappa shape index (κ1) is 18.7. The summed E-state index contributed by atoms with van der Waals surface area (Å²) in [6.07, 6.45) is 5.75. The van der Waals surface area contributed by atoms with Crippen LogP contribution in [0.1, 0.15) is 31.3 Å². The molecular formula is C18H25BO5. The van der Waals surface area contributed by atoms with E-state index in [2.05, 4.69) is 6.58 Å². The lowest BCUT2D eigenvalue weighted by molar-refractivity contribution is 0.176. The molecule has 1 aliphatic rings. The van der Waals surface area contributed by atoms with E-state index < -0.39 is 7.12 Å². The van der Waals surface area contributed by atoms with Gasteiger partial charge in [-0.3, -0.25) is 0 Å². The second-order valence-corrected chi connectivity index (χ2v) is 6.00. The molecule has 0 aromatic carbocycles. The highest BCUT2D eigenvalue weighted by atomic mass is 16.5. The van der Waals surface area contributed by atoms with Crippen LogP contribution in [0.4, 0.5) is 0 Å². The number of rotatable bonds is 8. The van der Waals surface area contributed by atoms with Crippen molar-refractivity contribution in [2.45, 2.75) is 38.8 Å². The van der Waals surface area contributed by atoms with Crippen molar-refractivity contribution >= 4 is 13.2 Å². The molecule has 2 rings (SSSR count). The van der Waals surface area contributed by atoms with Gasteiger partial charge in [0.15, 0.2) is 0 Å². The molecule has 6 heteroatoms. The molecule has 1 aliphatic heterocycles. The van der Waals surface area contributed by atoms with Crippen LogP contribution in [-0.4, -0.2) is 37.1 Å². The van der Waals surface area contributed by atoms with Crippen molar-refractivity contribution in [3.8, 4) is 0 Å². The van der Waals surface area contributed by atoms with Crippen LogP contribution >= 0.6 is 0 Å². The molecule has 0 spiro atoms. The SMILES string of the molecule is C=C(COC)C1=CCB(O)OC1CC/C(C)=C/c1ccc(CO)o1. The molecule has 5 nitrogen and oxygen atoms in total. The van der Waals surface area contributed by atoms with Gasteiger partial charge in [-0.25, -0.2) is 0 Å². The molecule has 1 aromatic heterocycles. The number of allylic oxidation sites excluding steroid dienone is 2. The zero-order valence-corrected chi connectivity index (χ0v) is 14.3. The average Bonchev–Trinajstić information content (AvgIpc) is 3.00. The van der Waals surface area contributed by atoms with Gasteiger partial charge in [-0.05, 0) is 49.1 Å². The van der Waals surface area contributed by atoms with Crippen LogP contribution < -0.4 is 0 Å². The van der Waals surface area contributed by atoms with E-state index in [1.54, 1.807) is 13.2 Å². The Bertz CT molecular complexity index is 617. The molecule has 2 heterocycles. The summed E-state index contributed by atoms with van der Waals surface area (Å²) in [5.74, 6) is 1.27. The van der Waals surface area contributed by atoms with Crippen LogP contribution in [0.3, 0.4) is 0 Å². The smallest absolute Gasteiger partial charge is 0.458 e. The maximum Gasteiger partial charge on any atom is 0.458 e. The van der Waals surface area contributed by atoms with Crippen LogP contribution in [-0.2, 0) is 16.0 Å². The summed E-state index contributed by atoms with van der Waals surface area (Å²) in [6.45, 7) is 6.41. The summed E-state index contributed by atoms with van der Waals surface area (Å²) in [5.41, 5.74) is 3.03. The third kappa shape index (κ3) is 5.21. The van der Waals surface area contributed by atoms with Crippen molar-refractivity contribution < 1.29 is 23.9 Å². The normalized spacial score (nSPS) is 18.7. The van der Waals surface area contributed by atoms with Gasteiger partial charge in [0.1, 0.15) is 18.1 Å². The molecule has 0 saturated carbocycles. The van der Waals surface area contributed by atoms with E-state index in [-0.39, 0.29) is 12.7 Å². The fourth-order valence-electron chi connectivity index (χ4n) is 2.76. The topological polar surface area (TPSA) is 72.1 Å². The van der Waals surface area contributed by atoms with E-state index in [0.29, 0.717) is 18.7 Å². The van der Waals surface area contributed by atoms with Gasteiger partial charge in [-0.1, -0.05) is 18.2 Å². The Hall–Kier alpha value is -1.60. The fraction of sp³-hybridized carbons (Fsp3) is 0.444. The zero-order valence-electron chi connectivity index (χ0n) is 14.3. The minimum Gasteiger partial charge on any atom is -0.459 e. The first-order valence-corrected chi connectivity index (χ1v) is 8.11. The predicted molar refractivity (Wildman–Crippen MR) is 94.3 cm³/mol. The number of aliphatic hydroxyl groups is 1. The van der Waals surface area contributed by atoms with Gasteiger partial charge < -0.3 is 23.9 Å². The summed E-state index contributed by atoms with van der Waals surface area (Å²) < 4.78 is 16.3. The average molecular weight is 332 g/mol. The second-order valence-electron chi connectivity index (χ2n) is 6.00. The first-order chi connectivity index (χ1) is 11.5. The largest absolute Gasteiger partial charge is 0.459 e. The van der Waals surface area contributed by atoms with Gasteiger partial charge in [0.25, 0.3) is 0 Å². The first-order valence-electron chi connectivity index (χ1n) is 8.11. The maximum atomic E-state index is 9.76. The minimum absolute atomic E-state index is 0.101. The van der Waals surface area contributed by atoms with Crippen molar-refractivity contribution in [1.29, 1.82) is 0 Å². The van der Waals surface area contributed by atoms with E-state index in [9.17, 15) is 5.02 Å². The molecule has 0 radical (unpaired) electrons.